The molecule has 3 heteroatoms. The average Bonchev–Trinajstić information content (AvgIpc) is 2.32. The second-order valence-electron chi connectivity index (χ2n) is 4.43. The molecule has 1 aromatic carbocycles. The van der Waals surface area contributed by atoms with E-state index in [1.165, 1.54) is 11.1 Å². The van der Waals surface area contributed by atoms with Crippen molar-refractivity contribution in [3.63, 3.8) is 0 Å². The molecular weight excluding hydrogens is 216 g/mol. The van der Waals surface area contributed by atoms with E-state index in [-0.39, 0.29) is 6.10 Å². The Morgan fingerprint density at radius 2 is 2.24 bits per heavy atom. The van der Waals surface area contributed by atoms with Gasteiger partial charge in [0.25, 0.3) is 0 Å². The fourth-order valence-electron chi connectivity index (χ4n) is 2.32. The predicted octanol–water partition coefficient (Wildman–Crippen LogP) is 2.86. The molecule has 0 aromatic heterocycles. The van der Waals surface area contributed by atoms with Crippen molar-refractivity contribution in [1.82, 2.24) is 0 Å². The molecule has 0 saturated heterocycles. The van der Waals surface area contributed by atoms with Crippen molar-refractivity contribution >= 4 is 0 Å². The third kappa shape index (κ3) is 2.25. The largest absolute Gasteiger partial charge is 0.496 e. The SMILES string of the molecule is CCOc1c(C)c(OC)cc2c1COC(C)C2. The number of benzene rings is 1. The Kier molecular flexibility index (Phi) is 3.57. The molecular formula is C14H20O3. The summed E-state index contributed by atoms with van der Waals surface area (Å²) < 4.78 is 16.9. The molecule has 1 unspecified atom stereocenters. The van der Waals surface area contributed by atoms with Gasteiger partial charge in [-0.05, 0) is 38.8 Å². The Labute approximate surface area is 103 Å². The first-order chi connectivity index (χ1) is 8.17. The second kappa shape index (κ2) is 4.96. The van der Waals surface area contributed by atoms with Crippen molar-refractivity contribution in [3.05, 3.63) is 22.8 Å². The van der Waals surface area contributed by atoms with Crippen molar-refractivity contribution in [2.45, 2.75) is 39.9 Å². The minimum Gasteiger partial charge on any atom is -0.496 e. The molecule has 1 aliphatic heterocycles. The van der Waals surface area contributed by atoms with Crippen LogP contribution >= 0.6 is 0 Å². The summed E-state index contributed by atoms with van der Waals surface area (Å²) in [6.45, 7) is 7.42. The molecule has 1 aliphatic rings. The Morgan fingerprint density at radius 3 is 2.88 bits per heavy atom. The molecule has 0 radical (unpaired) electrons. The molecule has 94 valence electrons. The highest BCUT2D eigenvalue weighted by atomic mass is 16.5. The fourth-order valence-corrected chi connectivity index (χ4v) is 2.32. The van der Waals surface area contributed by atoms with Gasteiger partial charge < -0.3 is 14.2 Å². The van der Waals surface area contributed by atoms with E-state index in [1.807, 2.05) is 13.8 Å². The maximum absolute atomic E-state index is 5.75. The number of methoxy groups -OCH3 is 1. The van der Waals surface area contributed by atoms with E-state index in [2.05, 4.69) is 13.0 Å². The minimum atomic E-state index is 0.268. The van der Waals surface area contributed by atoms with Crippen LogP contribution in [0.4, 0.5) is 0 Å². The molecule has 0 aliphatic carbocycles. The molecule has 1 heterocycles. The van der Waals surface area contributed by atoms with Crippen molar-refractivity contribution in [2.24, 2.45) is 0 Å². The molecule has 0 saturated carbocycles. The first-order valence-electron chi connectivity index (χ1n) is 6.11. The number of hydrogen-bond acceptors (Lipinski definition) is 3. The Morgan fingerprint density at radius 1 is 1.47 bits per heavy atom. The zero-order valence-electron chi connectivity index (χ0n) is 11.0. The molecule has 17 heavy (non-hydrogen) atoms. The van der Waals surface area contributed by atoms with Gasteiger partial charge in [-0.25, -0.2) is 0 Å². The average molecular weight is 236 g/mol. The van der Waals surface area contributed by atoms with Crippen molar-refractivity contribution in [3.8, 4) is 11.5 Å². The molecule has 0 N–H and O–H groups in total. The summed E-state index contributed by atoms with van der Waals surface area (Å²) in [6, 6.07) is 2.12. The molecule has 0 fully saturated rings. The van der Waals surface area contributed by atoms with Crippen LogP contribution in [0.3, 0.4) is 0 Å². The lowest BCUT2D eigenvalue weighted by molar-refractivity contribution is 0.0391. The highest BCUT2D eigenvalue weighted by Crippen LogP contribution is 2.37. The van der Waals surface area contributed by atoms with E-state index in [0.29, 0.717) is 13.2 Å². The van der Waals surface area contributed by atoms with Gasteiger partial charge in [0.05, 0.1) is 26.4 Å². The zero-order valence-corrected chi connectivity index (χ0v) is 11.0. The van der Waals surface area contributed by atoms with Crippen molar-refractivity contribution < 1.29 is 14.2 Å². The lowest BCUT2D eigenvalue weighted by Crippen LogP contribution is -2.20. The third-order valence-electron chi connectivity index (χ3n) is 3.21. The smallest absolute Gasteiger partial charge is 0.131 e. The fraction of sp³-hybridized carbons (Fsp3) is 0.571. The number of rotatable bonds is 3. The van der Waals surface area contributed by atoms with Gasteiger partial charge in [0.15, 0.2) is 0 Å². The highest BCUT2D eigenvalue weighted by Gasteiger charge is 2.23. The number of ether oxygens (including phenoxy) is 3. The van der Waals surface area contributed by atoms with Gasteiger partial charge in [-0.3, -0.25) is 0 Å². The summed E-state index contributed by atoms with van der Waals surface area (Å²) in [4.78, 5) is 0. The van der Waals surface area contributed by atoms with Crippen LogP contribution in [0.5, 0.6) is 11.5 Å². The van der Waals surface area contributed by atoms with Crippen LogP contribution in [0.25, 0.3) is 0 Å². The quantitative estimate of drug-likeness (QED) is 0.807. The Hall–Kier alpha value is -1.22. The number of fused-ring (bicyclic) bond motifs is 1. The van der Waals surface area contributed by atoms with Gasteiger partial charge in [-0.1, -0.05) is 0 Å². The van der Waals surface area contributed by atoms with Gasteiger partial charge in [0.2, 0.25) is 0 Å². The van der Waals surface area contributed by atoms with Gasteiger partial charge in [-0.2, -0.15) is 0 Å². The van der Waals surface area contributed by atoms with Crippen LogP contribution in [0, 0.1) is 6.92 Å². The summed E-state index contributed by atoms with van der Waals surface area (Å²) in [6.07, 6.45) is 1.19. The van der Waals surface area contributed by atoms with Gasteiger partial charge in [0.1, 0.15) is 11.5 Å². The molecule has 3 nitrogen and oxygen atoms in total. The van der Waals surface area contributed by atoms with Crippen LogP contribution < -0.4 is 9.47 Å². The van der Waals surface area contributed by atoms with E-state index < -0.39 is 0 Å². The van der Waals surface area contributed by atoms with Crippen molar-refractivity contribution in [1.29, 1.82) is 0 Å². The van der Waals surface area contributed by atoms with E-state index in [1.54, 1.807) is 7.11 Å². The molecule has 1 atom stereocenters. The van der Waals surface area contributed by atoms with E-state index in [4.69, 9.17) is 14.2 Å². The van der Waals surface area contributed by atoms with E-state index in [9.17, 15) is 0 Å². The monoisotopic (exact) mass is 236 g/mol. The van der Waals surface area contributed by atoms with E-state index >= 15 is 0 Å². The topological polar surface area (TPSA) is 27.7 Å². The van der Waals surface area contributed by atoms with E-state index in [0.717, 1.165) is 23.5 Å². The standard InChI is InChI=1S/C14H20O3/c1-5-16-14-10(3)13(15-4)7-11-6-9(2)17-8-12(11)14/h7,9H,5-6,8H2,1-4H3. The lowest BCUT2D eigenvalue weighted by atomic mass is 9.95. The molecule has 0 bridgehead atoms. The van der Waals surface area contributed by atoms with Crippen molar-refractivity contribution in [2.75, 3.05) is 13.7 Å². The summed E-state index contributed by atoms with van der Waals surface area (Å²) in [5.41, 5.74) is 3.53. The lowest BCUT2D eigenvalue weighted by Gasteiger charge is -2.26. The van der Waals surface area contributed by atoms with Crippen LogP contribution in [-0.2, 0) is 17.8 Å². The second-order valence-corrected chi connectivity index (χ2v) is 4.43. The summed E-state index contributed by atoms with van der Waals surface area (Å²) in [5.74, 6) is 1.84. The molecule has 0 amide bonds. The maximum atomic E-state index is 5.75. The highest BCUT2D eigenvalue weighted by molar-refractivity contribution is 5.54. The molecule has 1 aromatic rings. The summed E-state index contributed by atoms with van der Waals surface area (Å²) in [7, 11) is 1.70. The van der Waals surface area contributed by atoms with Crippen LogP contribution in [-0.4, -0.2) is 19.8 Å². The van der Waals surface area contributed by atoms with Crippen LogP contribution in [0.2, 0.25) is 0 Å². The third-order valence-corrected chi connectivity index (χ3v) is 3.21. The first-order valence-corrected chi connectivity index (χ1v) is 6.11. The van der Waals surface area contributed by atoms with Gasteiger partial charge in [-0.15, -0.1) is 0 Å². The maximum Gasteiger partial charge on any atom is 0.131 e. The predicted molar refractivity (Wildman–Crippen MR) is 66.9 cm³/mol. The van der Waals surface area contributed by atoms with Crippen LogP contribution in [0.15, 0.2) is 6.07 Å². The molecule has 0 spiro atoms. The Balaban J connectivity index is 2.51. The zero-order chi connectivity index (χ0) is 12.4. The van der Waals surface area contributed by atoms with Crippen LogP contribution in [0.1, 0.15) is 30.5 Å². The summed E-state index contributed by atoms with van der Waals surface area (Å²) >= 11 is 0. The van der Waals surface area contributed by atoms with Gasteiger partial charge in [0, 0.05) is 11.1 Å². The normalized spacial score (nSPS) is 18.7. The Bertz CT molecular complexity index is 412. The number of hydrogen-bond donors (Lipinski definition) is 0. The first kappa shape index (κ1) is 12.2. The molecule has 2 rings (SSSR count). The minimum absolute atomic E-state index is 0.268. The van der Waals surface area contributed by atoms with Gasteiger partial charge >= 0.3 is 0 Å². The summed E-state index contributed by atoms with van der Waals surface area (Å²) in [5, 5.41) is 0.